The largest absolute Gasteiger partial charge is 0.484 e. The van der Waals surface area contributed by atoms with Crippen LogP contribution in [0.3, 0.4) is 0 Å². The van der Waals surface area contributed by atoms with Gasteiger partial charge in [0.1, 0.15) is 11.6 Å². The van der Waals surface area contributed by atoms with Crippen LogP contribution in [0.5, 0.6) is 5.75 Å². The summed E-state index contributed by atoms with van der Waals surface area (Å²) in [5.41, 5.74) is 1.65. The van der Waals surface area contributed by atoms with Gasteiger partial charge < -0.3 is 20.3 Å². The van der Waals surface area contributed by atoms with Gasteiger partial charge in [-0.1, -0.05) is 38.1 Å². The van der Waals surface area contributed by atoms with Gasteiger partial charge in [0.05, 0.1) is 0 Å². The third-order valence-electron chi connectivity index (χ3n) is 4.75. The van der Waals surface area contributed by atoms with Gasteiger partial charge in [-0.15, -0.1) is 0 Å². The normalized spacial score (nSPS) is 11.7. The highest BCUT2D eigenvalue weighted by molar-refractivity contribution is 5.79. The second kappa shape index (κ2) is 10.6. The van der Waals surface area contributed by atoms with Crippen molar-refractivity contribution >= 4 is 11.9 Å². The van der Waals surface area contributed by atoms with Crippen molar-refractivity contribution in [1.29, 1.82) is 0 Å². The van der Waals surface area contributed by atoms with Gasteiger partial charge in [-0.05, 0) is 35.4 Å². The van der Waals surface area contributed by atoms with E-state index in [1.165, 1.54) is 11.0 Å². The van der Waals surface area contributed by atoms with Crippen molar-refractivity contribution < 1.29 is 13.9 Å². The highest BCUT2D eigenvalue weighted by Gasteiger charge is 2.21. The van der Waals surface area contributed by atoms with Crippen LogP contribution in [0.1, 0.15) is 25.0 Å². The molecule has 6 nitrogen and oxygen atoms in total. The Labute approximate surface area is 178 Å². The van der Waals surface area contributed by atoms with Crippen LogP contribution in [0.4, 0.5) is 4.39 Å². The molecule has 0 heterocycles. The number of hydrogen-bond acceptors (Lipinski definition) is 3. The van der Waals surface area contributed by atoms with Crippen molar-refractivity contribution in [3.63, 3.8) is 0 Å². The lowest BCUT2D eigenvalue weighted by Gasteiger charge is -2.27. The summed E-state index contributed by atoms with van der Waals surface area (Å²) in [7, 11) is 5.09. The number of benzene rings is 2. The molecule has 0 aliphatic carbocycles. The molecule has 0 fully saturated rings. The molecule has 0 aromatic heterocycles. The zero-order valence-corrected chi connectivity index (χ0v) is 18.3. The number of rotatable bonds is 8. The van der Waals surface area contributed by atoms with Crippen molar-refractivity contribution in [2.24, 2.45) is 4.99 Å². The number of halogens is 1. The van der Waals surface area contributed by atoms with Crippen LogP contribution in [0, 0.1) is 5.82 Å². The summed E-state index contributed by atoms with van der Waals surface area (Å²) in [5, 5.41) is 6.57. The number of ether oxygens (including phenoxy) is 1. The first-order chi connectivity index (χ1) is 14.2. The van der Waals surface area contributed by atoms with E-state index in [1.54, 1.807) is 33.3 Å². The SMILES string of the molecule is CN=C(NCc1cccc(OCC(=O)N(C)C)c1)NCC(C)(C)c1cccc(F)c1. The third kappa shape index (κ3) is 7.06. The first kappa shape index (κ1) is 23.2. The summed E-state index contributed by atoms with van der Waals surface area (Å²) in [4.78, 5) is 17.4. The molecule has 30 heavy (non-hydrogen) atoms. The Morgan fingerprint density at radius 2 is 1.87 bits per heavy atom. The molecule has 162 valence electrons. The fraction of sp³-hybridized carbons (Fsp3) is 0.391. The standard InChI is InChI=1S/C23H31FN4O2/c1-23(2,18-9-7-10-19(24)13-18)16-27-22(25-3)26-14-17-8-6-11-20(12-17)30-15-21(29)28(4)5/h6-13H,14-16H2,1-5H3,(H2,25,26,27). The third-order valence-corrected chi connectivity index (χ3v) is 4.75. The van der Waals surface area contributed by atoms with Gasteiger partial charge in [0, 0.05) is 39.6 Å². The van der Waals surface area contributed by atoms with Gasteiger partial charge in [0.25, 0.3) is 5.91 Å². The molecule has 2 rings (SSSR count). The number of nitrogens with zero attached hydrogens (tertiary/aromatic N) is 2. The molecule has 0 saturated heterocycles. The summed E-state index contributed by atoms with van der Waals surface area (Å²) < 4.78 is 19.1. The van der Waals surface area contributed by atoms with E-state index in [0.717, 1.165) is 11.1 Å². The van der Waals surface area contributed by atoms with E-state index < -0.39 is 0 Å². The number of aliphatic imine (C=N–C) groups is 1. The second-order valence-electron chi connectivity index (χ2n) is 7.90. The Kier molecular flexibility index (Phi) is 8.21. The van der Waals surface area contributed by atoms with Crippen LogP contribution >= 0.6 is 0 Å². The molecule has 7 heteroatoms. The van der Waals surface area contributed by atoms with Gasteiger partial charge >= 0.3 is 0 Å². The fourth-order valence-corrected chi connectivity index (χ4v) is 2.74. The van der Waals surface area contributed by atoms with Crippen LogP contribution in [-0.4, -0.2) is 51.1 Å². The van der Waals surface area contributed by atoms with Crippen molar-refractivity contribution in [3.05, 3.63) is 65.5 Å². The van der Waals surface area contributed by atoms with E-state index in [-0.39, 0.29) is 23.7 Å². The van der Waals surface area contributed by atoms with Crippen molar-refractivity contribution in [2.45, 2.75) is 25.8 Å². The number of nitrogens with one attached hydrogen (secondary N) is 2. The molecule has 0 atom stereocenters. The second-order valence-corrected chi connectivity index (χ2v) is 7.90. The van der Waals surface area contributed by atoms with E-state index >= 15 is 0 Å². The Morgan fingerprint density at radius 1 is 1.13 bits per heavy atom. The van der Waals surface area contributed by atoms with E-state index in [1.807, 2.05) is 30.3 Å². The number of likely N-dealkylation sites (N-methyl/N-ethyl adjacent to an activating group) is 1. The molecule has 0 spiro atoms. The molecule has 0 radical (unpaired) electrons. The maximum atomic E-state index is 13.6. The molecule has 0 bridgehead atoms. The Hall–Kier alpha value is -3.09. The zero-order valence-electron chi connectivity index (χ0n) is 18.3. The molecule has 2 aromatic carbocycles. The molecule has 0 aliphatic rings. The van der Waals surface area contributed by atoms with E-state index in [4.69, 9.17) is 4.74 Å². The van der Waals surface area contributed by atoms with Crippen LogP contribution in [0.2, 0.25) is 0 Å². The van der Waals surface area contributed by atoms with E-state index in [9.17, 15) is 9.18 Å². The number of amides is 1. The summed E-state index contributed by atoms with van der Waals surface area (Å²) in [6, 6.07) is 14.2. The maximum Gasteiger partial charge on any atom is 0.259 e. The highest BCUT2D eigenvalue weighted by Crippen LogP contribution is 2.22. The number of hydrogen-bond donors (Lipinski definition) is 2. The fourth-order valence-electron chi connectivity index (χ4n) is 2.74. The molecule has 0 aliphatic heterocycles. The quantitative estimate of drug-likeness (QED) is 0.515. The topological polar surface area (TPSA) is 66.0 Å². The van der Waals surface area contributed by atoms with Gasteiger partial charge in [0.15, 0.2) is 12.6 Å². The average molecular weight is 415 g/mol. The average Bonchev–Trinajstić information content (AvgIpc) is 2.72. The van der Waals surface area contributed by atoms with Crippen molar-refractivity contribution in [3.8, 4) is 5.75 Å². The lowest BCUT2D eigenvalue weighted by molar-refractivity contribution is -0.130. The molecule has 0 saturated carbocycles. The zero-order chi connectivity index (χ0) is 22.1. The summed E-state index contributed by atoms with van der Waals surface area (Å²) >= 11 is 0. The first-order valence-corrected chi connectivity index (χ1v) is 9.84. The lowest BCUT2D eigenvalue weighted by atomic mass is 9.84. The molecule has 2 aromatic rings. The Balaban J connectivity index is 1.89. The molecule has 1 amide bonds. The van der Waals surface area contributed by atoms with E-state index in [2.05, 4.69) is 29.5 Å². The number of carbonyl (C=O) groups excluding carboxylic acids is 1. The van der Waals surface area contributed by atoms with Crippen LogP contribution in [-0.2, 0) is 16.8 Å². The van der Waals surface area contributed by atoms with E-state index in [0.29, 0.717) is 24.8 Å². The molecular weight excluding hydrogens is 383 g/mol. The number of guanidine groups is 1. The minimum Gasteiger partial charge on any atom is -0.484 e. The Bertz CT molecular complexity index is 881. The molecule has 2 N–H and O–H groups in total. The predicted molar refractivity (Wildman–Crippen MR) is 118 cm³/mol. The monoisotopic (exact) mass is 414 g/mol. The first-order valence-electron chi connectivity index (χ1n) is 9.84. The van der Waals surface area contributed by atoms with Crippen molar-refractivity contribution in [1.82, 2.24) is 15.5 Å². The number of carbonyl (C=O) groups is 1. The predicted octanol–water partition coefficient (Wildman–Crippen LogP) is 2.94. The van der Waals surface area contributed by atoms with Crippen LogP contribution < -0.4 is 15.4 Å². The van der Waals surface area contributed by atoms with Crippen molar-refractivity contribution in [2.75, 3.05) is 34.3 Å². The smallest absolute Gasteiger partial charge is 0.259 e. The highest BCUT2D eigenvalue weighted by atomic mass is 19.1. The maximum absolute atomic E-state index is 13.6. The summed E-state index contributed by atoms with van der Waals surface area (Å²) in [6.45, 7) is 5.24. The minimum absolute atomic E-state index is 0.00225. The lowest BCUT2D eigenvalue weighted by Crippen LogP contribution is -2.43. The van der Waals surface area contributed by atoms with Gasteiger partial charge in [-0.3, -0.25) is 9.79 Å². The summed E-state index contributed by atoms with van der Waals surface area (Å²) in [5.74, 6) is 0.953. The van der Waals surface area contributed by atoms with Gasteiger partial charge in [0.2, 0.25) is 0 Å². The van der Waals surface area contributed by atoms with Crippen LogP contribution in [0.25, 0.3) is 0 Å². The van der Waals surface area contributed by atoms with Gasteiger partial charge in [-0.25, -0.2) is 4.39 Å². The Morgan fingerprint density at radius 3 is 2.53 bits per heavy atom. The molecule has 0 unspecified atom stereocenters. The van der Waals surface area contributed by atoms with Gasteiger partial charge in [-0.2, -0.15) is 0 Å². The molecular formula is C23H31FN4O2. The minimum atomic E-state index is -0.271. The summed E-state index contributed by atoms with van der Waals surface area (Å²) in [6.07, 6.45) is 0. The van der Waals surface area contributed by atoms with Crippen LogP contribution in [0.15, 0.2) is 53.5 Å².